The molecule has 3 nitrogen and oxygen atoms in total. The predicted octanol–water partition coefficient (Wildman–Crippen LogP) is 3.31. The van der Waals surface area contributed by atoms with E-state index in [0.717, 1.165) is 18.4 Å². The maximum atomic E-state index is 12.7. The third-order valence-electron chi connectivity index (χ3n) is 4.04. The van der Waals surface area contributed by atoms with Gasteiger partial charge in [-0.15, -0.1) is 0 Å². The SMILES string of the molecule is CCC(C)C(C(=O)NC(CN)CC(C)C)c1ccccc1. The van der Waals surface area contributed by atoms with Crippen LogP contribution >= 0.6 is 0 Å². The molecule has 1 rings (SSSR count). The summed E-state index contributed by atoms with van der Waals surface area (Å²) in [6, 6.07) is 10.1. The smallest absolute Gasteiger partial charge is 0.228 e. The third-order valence-corrected chi connectivity index (χ3v) is 4.04. The van der Waals surface area contributed by atoms with Crippen LogP contribution in [0.15, 0.2) is 30.3 Å². The summed E-state index contributed by atoms with van der Waals surface area (Å²) in [5.74, 6) is 0.839. The molecule has 1 aromatic rings. The standard InChI is InChI=1S/C18H30N2O/c1-5-14(4)17(15-9-7-6-8-10-15)18(21)20-16(12-19)11-13(2)3/h6-10,13-14,16-17H,5,11-12,19H2,1-4H3,(H,20,21). The predicted molar refractivity (Wildman–Crippen MR) is 89.1 cm³/mol. The van der Waals surface area contributed by atoms with Crippen LogP contribution in [0.5, 0.6) is 0 Å². The lowest BCUT2D eigenvalue weighted by atomic mass is 9.84. The zero-order valence-corrected chi connectivity index (χ0v) is 13.8. The Morgan fingerprint density at radius 3 is 2.29 bits per heavy atom. The molecule has 3 heteroatoms. The Bertz CT molecular complexity index is 416. The van der Waals surface area contributed by atoms with Crippen molar-refractivity contribution in [2.24, 2.45) is 17.6 Å². The van der Waals surface area contributed by atoms with Gasteiger partial charge in [-0.3, -0.25) is 4.79 Å². The van der Waals surface area contributed by atoms with Gasteiger partial charge in [0.2, 0.25) is 5.91 Å². The maximum Gasteiger partial charge on any atom is 0.228 e. The molecule has 0 saturated heterocycles. The Hall–Kier alpha value is -1.35. The zero-order valence-electron chi connectivity index (χ0n) is 13.8. The summed E-state index contributed by atoms with van der Waals surface area (Å²) in [7, 11) is 0. The Kier molecular flexibility index (Phi) is 7.44. The quantitative estimate of drug-likeness (QED) is 0.772. The lowest BCUT2D eigenvalue weighted by molar-refractivity contribution is -0.124. The molecule has 0 saturated carbocycles. The lowest BCUT2D eigenvalue weighted by Gasteiger charge is -2.26. The maximum absolute atomic E-state index is 12.7. The number of carbonyl (C=O) groups is 1. The number of hydrogen-bond acceptors (Lipinski definition) is 2. The second kappa shape index (κ2) is 8.83. The van der Waals surface area contributed by atoms with Crippen molar-refractivity contribution >= 4 is 5.91 Å². The van der Waals surface area contributed by atoms with Gasteiger partial charge in [-0.2, -0.15) is 0 Å². The first-order valence-corrected chi connectivity index (χ1v) is 8.04. The van der Waals surface area contributed by atoms with Crippen LogP contribution in [0, 0.1) is 11.8 Å². The molecule has 3 atom stereocenters. The highest BCUT2D eigenvalue weighted by molar-refractivity contribution is 5.84. The van der Waals surface area contributed by atoms with Gasteiger partial charge in [-0.1, -0.05) is 64.4 Å². The van der Waals surface area contributed by atoms with Crippen molar-refractivity contribution in [3.63, 3.8) is 0 Å². The van der Waals surface area contributed by atoms with Gasteiger partial charge < -0.3 is 11.1 Å². The van der Waals surface area contributed by atoms with Gasteiger partial charge in [0.1, 0.15) is 0 Å². The molecule has 0 aromatic heterocycles. The Labute approximate surface area is 129 Å². The largest absolute Gasteiger partial charge is 0.352 e. The number of carbonyl (C=O) groups excluding carboxylic acids is 1. The van der Waals surface area contributed by atoms with E-state index in [0.29, 0.717) is 18.4 Å². The summed E-state index contributed by atoms with van der Waals surface area (Å²) >= 11 is 0. The van der Waals surface area contributed by atoms with Crippen LogP contribution in [-0.4, -0.2) is 18.5 Å². The first kappa shape index (κ1) is 17.7. The van der Waals surface area contributed by atoms with Crippen LogP contribution in [0.25, 0.3) is 0 Å². The first-order valence-electron chi connectivity index (χ1n) is 8.04. The lowest BCUT2D eigenvalue weighted by Crippen LogP contribution is -2.44. The minimum absolute atomic E-state index is 0.0627. The van der Waals surface area contributed by atoms with Gasteiger partial charge in [-0.05, 0) is 23.8 Å². The van der Waals surface area contributed by atoms with Crippen molar-refractivity contribution in [2.45, 2.75) is 52.5 Å². The number of rotatable bonds is 8. The summed E-state index contributed by atoms with van der Waals surface area (Å²) in [4.78, 5) is 12.7. The third kappa shape index (κ3) is 5.50. The van der Waals surface area contributed by atoms with E-state index in [2.05, 4.69) is 33.0 Å². The number of nitrogens with one attached hydrogen (secondary N) is 1. The monoisotopic (exact) mass is 290 g/mol. The van der Waals surface area contributed by atoms with E-state index in [9.17, 15) is 4.79 Å². The molecule has 1 amide bonds. The summed E-state index contributed by atoms with van der Waals surface area (Å²) in [6.45, 7) is 9.06. The first-order chi connectivity index (χ1) is 9.99. The fourth-order valence-electron chi connectivity index (χ4n) is 2.71. The van der Waals surface area contributed by atoms with Crippen molar-refractivity contribution in [1.82, 2.24) is 5.32 Å². The number of benzene rings is 1. The minimum atomic E-state index is -0.0996. The molecule has 0 spiro atoms. The molecule has 3 unspecified atom stereocenters. The van der Waals surface area contributed by atoms with Crippen LogP contribution in [0.4, 0.5) is 0 Å². The highest BCUT2D eigenvalue weighted by atomic mass is 16.2. The van der Waals surface area contributed by atoms with Crippen molar-refractivity contribution in [1.29, 1.82) is 0 Å². The van der Waals surface area contributed by atoms with Crippen LogP contribution < -0.4 is 11.1 Å². The van der Waals surface area contributed by atoms with Crippen molar-refractivity contribution in [3.8, 4) is 0 Å². The molecule has 3 N–H and O–H groups in total. The van der Waals surface area contributed by atoms with Gasteiger partial charge in [0.15, 0.2) is 0 Å². The van der Waals surface area contributed by atoms with Gasteiger partial charge >= 0.3 is 0 Å². The molecule has 118 valence electrons. The summed E-state index contributed by atoms with van der Waals surface area (Å²) in [6.07, 6.45) is 1.90. The molecular weight excluding hydrogens is 260 g/mol. The van der Waals surface area contributed by atoms with Gasteiger partial charge in [0.25, 0.3) is 0 Å². The Morgan fingerprint density at radius 1 is 1.19 bits per heavy atom. The van der Waals surface area contributed by atoms with E-state index in [1.807, 2.05) is 30.3 Å². The molecule has 1 aromatic carbocycles. The average Bonchev–Trinajstić information content (AvgIpc) is 2.47. The van der Waals surface area contributed by atoms with Gasteiger partial charge in [-0.25, -0.2) is 0 Å². The van der Waals surface area contributed by atoms with Gasteiger partial charge in [0, 0.05) is 12.6 Å². The number of hydrogen-bond donors (Lipinski definition) is 2. The number of amides is 1. The molecule has 0 heterocycles. The van der Waals surface area contributed by atoms with Crippen LogP contribution in [0.3, 0.4) is 0 Å². The van der Waals surface area contributed by atoms with Gasteiger partial charge in [0.05, 0.1) is 5.92 Å². The van der Waals surface area contributed by atoms with Crippen LogP contribution in [-0.2, 0) is 4.79 Å². The van der Waals surface area contributed by atoms with Crippen LogP contribution in [0.1, 0.15) is 52.0 Å². The van der Waals surface area contributed by atoms with E-state index in [1.54, 1.807) is 0 Å². The molecule has 0 aliphatic heterocycles. The summed E-state index contributed by atoms with van der Waals surface area (Å²) in [5, 5.41) is 3.15. The average molecular weight is 290 g/mol. The molecule has 0 fully saturated rings. The highest BCUT2D eigenvalue weighted by Gasteiger charge is 2.27. The Morgan fingerprint density at radius 2 is 1.81 bits per heavy atom. The minimum Gasteiger partial charge on any atom is -0.352 e. The van der Waals surface area contributed by atoms with E-state index in [4.69, 9.17) is 5.73 Å². The van der Waals surface area contributed by atoms with E-state index in [1.165, 1.54) is 0 Å². The molecule has 21 heavy (non-hydrogen) atoms. The van der Waals surface area contributed by atoms with Crippen molar-refractivity contribution in [2.75, 3.05) is 6.54 Å². The van der Waals surface area contributed by atoms with E-state index < -0.39 is 0 Å². The number of nitrogens with two attached hydrogens (primary N) is 1. The van der Waals surface area contributed by atoms with E-state index in [-0.39, 0.29) is 17.9 Å². The van der Waals surface area contributed by atoms with Crippen molar-refractivity contribution in [3.05, 3.63) is 35.9 Å². The molecule has 0 aliphatic carbocycles. The molecular formula is C18H30N2O. The fourth-order valence-corrected chi connectivity index (χ4v) is 2.71. The van der Waals surface area contributed by atoms with E-state index >= 15 is 0 Å². The second-order valence-electron chi connectivity index (χ2n) is 6.34. The van der Waals surface area contributed by atoms with Crippen LogP contribution in [0.2, 0.25) is 0 Å². The molecule has 0 bridgehead atoms. The summed E-state index contributed by atoms with van der Waals surface area (Å²) < 4.78 is 0. The topological polar surface area (TPSA) is 55.1 Å². The Balaban J connectivity index is 2.86. The normalized spacial score (nSPS) is 15.5. The zero-order chi connectivity index (χ0) is 15.8. The van der Waals surface area contributed by atoms with Crippen molar-refractivity contribution < 1.29 is 4.79 Å². The fraction of sp³-hybridized carbons (Fsp3) is 0.611. The molecule has 0 radical (unpaired) electrons. The highest BCUT2D eigenvalue weighted by Crippen LogP contribution is 2.27. The second-order valence-corrected chi connectivity index (χ2v) is 6.34. The summed E-state index contributed by atoms with van der Waals surface area (Å²) in [5.41, 5.74) is 6.89. The molecule has 0 aliphatic rings.